The summed E-state index contributed by atoms with van der Waals surface area (Å²) in [6, 6.07) is 2.77. The first-order valence-corrected chi connectivity index (χ1v) is 7.69. The Morgan fingerprint density at radius 1 is 1.45 bits per heavy atom. The molecule has 8 heteroatoms. The van der Waals surface area contributed by atoms with E-state index in [0.29, 0.717) is 0 Å². The van der Waals surface area contributed by atoms with E-state index in [1.807, 2.05) is 0 Å². The van der Waals surface area contributed by atoms with Crippen molar-refractivity contribution in [2.75, 3.05) is 0 Å². The topological polar surface area (TPSA) is 83.5 Å². The van der Waals surface area contributed by atoms with Gasteiger partial charge in [0.05, 0.1) is 11.4 Å². The molecule has 20 heavy (non-hydrogen) atoms. The van der Waals surface area contributed by atoms with E-state index in [1.54, 1.807) is 13.8 Å². The Labute approximate surface area is 121 Å². The van der Waals surface area contributed by atoms with E-state index < -0.39 is 32.7 Å². The summed E-state index contributed by atoms with van der Waals surface area (Å²) in [5.74, 6) is -2.46. The van der Waals surface area contributed by atoms with Gasteiger partial charge in [-0.15, -0.1) is 0 Å². The number of carboxylic acid groups (broad SMARTS) is 1. The van der Waals surface area contributed by atoms with Crippen LogP contribution in [0.5, 0.6) is 0 Å². The van der Waals surface area contributed by atoms with Gasteiger partial charge in [0, 0.05) is 6.04 Å². The molecule has 0 aliphatic carbocycles. The number of sulfonamides is 1. The maximum Gasteiger partial charge on any atom is 0.304 e. The fourth-order valence-electron chi connectivity index (χ4n) is 1.56. The maximum absolute atomic E-state index is 13.7. The van der Waals surface area contributed by atoms with Crippen molar-refractivity contribution in [3.63, 3.8) is 0 Å². The van der Waals surface area contributed by atoms with Crippen molar-refractivity contribution in [2.45, 2.75) is 31.2 Å². The Morgan fingerprint density at radius 2 is 2.05 bits per heavy atom. The van der Waals surface area contributed by atoms with Crippen LogP contribution in [0.2, 0.25) is 5.02 Å². The Bertz CT molecular complexity index is 603. The number of benzene rings is 1. The molecule has 1 aromatic rings. The number of rotatable bonds is 6. The van der Waals surface area contributed by atoms with Crippen molar-refractivity contribution in [2.24, 2.45) is 5.92 Å². The molecule has 0 amide bonds. The highest BCUT2D eigenvalue weighted by Crippen LogP contribution is 2.22. The summed E-state index contributed by atoms with van der Waals surface area (Å²) >= 11 is 5.54. The zero-order valence-electron chi connectivity index (χ0n) is 10.9. The van der Waals surface area contributed by atoms with Crippen molar-refractivity contribution in [1.29, 1.82) is 0 Å². The SMILES string of the molecule is CC(C)C(CC(=O)O)NS(=O)(=O)c1cccc(Cl)c1F. The second-order valence-electron chi connectivity index (χ2n) is 4.62. The zero-order chi connectivity index (χ0) is 15.5. The molecular formula is C12H15ClFNO4S. The van der Waals surface area contributed by atoms with Crippen molar-refractivity contribution in [1.82, 2.24) is 4.72 Å². The first kappa shape index (κ1) is 16.9. The number of halogens is 2. The van der Waals surface area contributed by atoms with Crippen molar-refractivity contribution in [3.8, 4) is 0 Å². The molecule has 0 fully saturated rings. The average Bonchev–Trinajstić information content (AvgIpc) is 2.30. The van der Waals surface area contributed by atoms with Gasteiger partial charge in [-0.1, -0.05) is 31.5 Å². The second-order valence-corrected chi connectivity index (χ2v) is 6.71. The highest BCUT2D eigenvalue weighted by atomic mass is 35.5. The molecule has 0 saturated heterocycles. The molecule has 1 rings (SSSR count). The third-order valence-electron chi connectivity index (χ3n) is 2.71. The molecule has 0 aromatic heterocycles. The molecule has 112 valence electrons. The standard InChI is InChI=1S/C12H15ClFNO4S/c1-7(2)9(6-11(16)17)15-20(18,19)10-5-3-4-8(13)12(10)14/h3-5,7,9,15H,6H2,1-2H3,(H,16,17). The van der Waals surface area contributed by atoms with Crippen LogP contribution in [0.1, 0.15) is 20.3 Å². The molecule has 0 bridgehead atoms. The van der Waals surface area contributed by atoms with E-state index in [9.17, 15) is 17.6 Å². The number of hydrogen-bond donors (Lipinski definition) is 2. The van der Waals surface area contributed by atoms with E-state index in [-0.39, 0.29) is 17.4 Å². The molecule has 0 spiro atoms. The minimum absolute atomic E-state index is 0.261. The molecule has 0 aliphatic rings. The molecule has 0 saturated carbocycles. The van der Waals surface area contributed by atoms with Crippen LogP contribution in [0.15, 0.2) is 23.1 Å². The lowest BCUT2D eigenvalue weighted by atomic mass is 10.0. The van der Waals surface area contributed by atoms with Gasteiger partial charge in [0.2, 0.25) is 10.0 Å². The van der Waals surface area contributed by atoms with Crippen molar-refractivity contribution in [3.05, 3.63) is 29.0 Å². The van der Waals surface area contributed by atoms with Gasteiger partial charge in [-0.2, -0.15) is 0 Å². The van der Waals surface area contributed by atoms with Gasteiger partial charge in [-0.05, 0) is 18.1 Å². The van der Waals surface area contributed by atoms with E-state index in [2.05, 4.69) is 4.72 Å². The molecule has 2 N–H and O–H groups in total. The molecule has 1 aromatic carbocycles. The van der Waals surface area contributed by atoms with Crippen LogP contribution in [0, 0.1) is 11.7 Å². The lowest BCUT2D eigenvalue weighted by Crippen LogP contribution is -2.40. The van der Waals surface area contributed by atoms with Gasteiger partial charge in [0.1, 0.15) is 4.90 Å². The predicted octanol–water partition coefficient (Wildman–Crippen LogP) is 2.26. The highest BCUT2D eigenvalue weighted by molar-refractivity contribution is 7.89. The van der Waals surface area contributed by atoms with Crippen LogP contribution in [0.25, 0.3) is 0 Å². The first-order valence-electron chi connectivity index (χ1n) is 5.83. The number of carboxylic acids is 1. The van der Waals surface area contributed by atoms with E-state index in [4.69, 9.17) is 16.7 Å². The zero-order valence-corrected chi connectivity index (χ0v) is 12.5. The van der Waals surface area contributed by atoms with Crippen molar-refractivity contribution >= 4 is 27.6 Å². The summed E-state index contributed by atoms with van der Waals surface area (Å²) in [6.45, 7) is 3.34. The van der Waals surface area contributed by atoms with Crippen LogP contribution in [-0.4, -0.2) is 25.5 Å². The third-order valence-corrected chi connectivity index (χ3v) is 4.51. The monoisotopic (exact) mass is 323 g/mol. The maximum atomic E-state index is 13.7. The van der Waals surface area contributed by atoms with Crippen LogP contribution in [0.3, 0.4) is 0 Å². The summed E-state index contributed by atoms with van der Waals surface area (Å²) in [7, 11) is -4.18. The van der Waals surface area contributed by atoms with Crippen LogP contribution >= 0.6 is 11.6 Å². The second kappa shape index (κ2) is 6.51. The highest BCUT2D eigenvalue weighted by Gasteiger charge is 2.27. The van der Waals surface area contributed by atoms with Gasteiger partial charge in [0.25, 0.3) is 0 Å². The Kier molecular flexibility index (Phi) is 5.50. The van der Waals surface area contributed by atoms with E-state index >= 15 is 0 Å². The van der Waals surface area contributed by atoms with Crippen LogP contribution in [-0.2, 0) is 14.8 Å². The van der Waals surface area contributed by atoms with E-state index in [1.165, 1.54) is 12.1 Å². The minimum atomic E-state index is -4.18. The smallest absolute Gasteiger partial charge is 0.304 e. The van der Waals surface area contributed by atoms with Gasteiger partial charge in [0.15, 0.2) is 5.82 Å². The van der Waals surface area contributed by atoms with Crippen LogP contribution < -0.4 is 4.72 Å². The molecule has 1 unspecified atom stereocenters. The summed E-state index contributed by atoms with van der Waals surface area (Å²) < 4.78 is 40.1. The number of carbonyl (C=O) groups is 1. The summed E-state index contributed by atoms with van der Waals surface area (Å²) in [6.07, 6.45) is -0.390. The number of hydrogen-bond acceptors (Lipinski definition) is 3. The first-order chi connectivity index (χ1) is 9.15. The fourth-order valence-corrected chi connectivity index (χ4v) is 3.27. The molecule has 0 aliphatic heterocycles. The van der Waals surface area contributed by atoms with E-state index in [0.717, 1.165) is 6.07 Å². The quantitative estimate of drug-likeness (QED) is 0.841. The summed E-state index contributed by atoms with van der Waals surface area (Å²) in [4.78, 5) is 10.1. The molecule has 5 nitrogen and oxygen atoms in total. The largest absolute Gasteiger partial charge is 0.481 e. The Morgan fingerprint density at radius 3 is 2.55 bits per heavy atom. The average molecular weight is 324 g/mol. The molecule has 1 atom stereocenters. The normalized spacial score (nSPS) is 13.4. The predicted molar refractivity (Wildman–Crippen MR) is 72.6 cm³/mol. The van der Waals surface area contributed by atoms with Gasteiger partial charge in [-0.3, -0.25) is 4.79 Å². The fraction of sp³-hybridized carbons (Fsp3) is 0.417. The van der Waals surface area contributed by atoms with Gasteiger partial charge >= 0.3 is 5.97 Å². The number of nitrogens with one attached hydrogen (secondary N) is 1. The lowest BCUT2D eigenvalue weighted by Gasteiger charge is -2.20. The Balaban J connectivity index is 3.10. The summed E-state index contributed by atoms with van der Waals surface area (Å²) in [5, 5.41) is 8.46. The van der Waals surface area contributed by atoms with Crippen LogP contribution in [0.4, 0.5) is 4.39 Å². The Hall–Kier alpha value is -1.18. The summed E-state index contributed by atoms with van der Waals surface area (Å²) in [5.41, 5.74) is 0. The van der Waals surface area contributed by atoms with Gasteiger partial charge < -0.3 is 5.11 Å². The molecular weight excluding hydrogens is 309 g/mol. The minimum Gasteiger partial charge on any atom is -0.481 e. The third kappa shape index (κ3) is 4.16. The van der Waals surface area contributed by atoms with Crippen molar-refractivity contribution < 1.29 is 22.7 Å². The lowest BCUT2D eigenvalue weighted by molar-refractivity contribution is -0.137. The number of aliphatic carboxylic acids is 1. The molecule has 0 heterocycles. The van der Waals surface area contributed by atoms with Gasteiger partial charge in [-0.25, -0.2) is 17.5 Å². The molecule has 0 radical (unpaired) electrons.